The lowest BCUT2D eigenvalue weighted by Gasteiger charge is -2.05. The molecule has 0 saturated heterocycles. The Bertz CT molecular complexity index is 453. The number of halogens is 3. The first-order valence-electron chi connectivity index (χ1n) is 3.95. The number of hydrogen-bond acceptors (Lipinski definition) is 3. The van der Waals surface area contributed by atoms with E-state index in [1.54, 1.807) is 0 Å². The molecule has 1 aromatic rings. The van der Waals surface area contributed by atoms with Crippen molar-refractivity contribution in [1.29, 1.82) is 0 Å². The minimum atomic E-state index is -0.620. The minimum absolute atomic E-state index is 0.0175. The van der Waals surface area contributed by atoms with Gasteiger partial charge in [0.15, 0.2) is 0 Å². The number of carbonyl (C=O) groups excluding carboxylic acids is 1. The van der Waals surface area contributed by atoms with Crippen LogP contribution in [0, 0.1) is 10.1 Å². The predicted octanol–water partition coefficient (Wildman–Crippen LogP) is 3.19. The number of nitrogens with zero attached hydrogens (tertiary/aromatic N) is 1. The second kappa shape index (κ2) is 5.47. The van der Waals surface area contributed by atoms with E-state index in [4.69, 9.17) is 23.2 Å². The lowest BCUT2D eigenvalue weighted by molar-refractivity contribution is -0.384. The molecule has 8 heteroatoms. The van der Waals surface area contributed by atoms with Gasteiger partial charge in [-0.15, -0.1) is 11.6 Å². The smallest absolute Gasteiger partial charge is 0.293 e. The first-order valence-corrected chi connectivity index (χ1v) is 5.65. The van der Waals surface area contributed by atoms with Crippen LogP contribution in [0.4, 0.5) is 11.4 Å². The molecule has 0 unspecified atom stereocenters. The average molecular weight is 328 g/mol. The number of benzene rings is 1. The highest BCUT2D eigenvalue weighted by Gasteiger charge is 2.18. The van der Waals surface area contributed by atoms with Crippen molar-refractivity contribution in [3.8, 4) is 0 Å². The van der Waals surface area contributed by atoms with Gasteiger partial charge in [0, 0.05) is 10.5 Å². The molecular formula is C8H5BrCl2N2O3. The SMILES string of the molecule is O=C(CCl)Nc1cc(Cl)c(Br)cc1[N+](=O)[O-]. The topological polar surface area (TPSA) is 72.2 Å². The predicted molar refractivity (Wildman–Crippen MR) is 65.2 cm³/mol. The van der Waals surface area contributed by atoms with Crippen LogP contribution in [0.2, 0.25) is 5.02 Å². The van der Waals surface area contributed by atoms with Crippen molar-refractivity contribution < 1.29 is 9.72 Å². The molecule has 0 spiro atoms. The monoisotopic (exact) mass is 326 g/mol. The fourth-order valence-electron chi connectivity index (χ4n) is 0.971. The molecule has 0 bridgehead atoms. The average Bonchev–Trinajstić information content (AvgIpc) is 2.22. The van der Waals surface area contributed by atoms with Crippen LogP contribution in [-0.2, 0) is 4.79 Å². The number of rotatable bonds is 3. The fourth-order valence-corrected chi connectivity index (χ4v) is 1.53. The van der Waals surface area contributed by atoms with Crippen molar-refractivity contribution in [1.82, 2.24) is 0 Å². The molecule has 0 fully saturated rings. The van der Waals surface area contributed by atoms with Crippen LogP contribution < -0.4 is 5.32 Å². The normalized spacial score (nSPS) is 9.94. The molecule has 0 atom stereocenters. The van der Waals surface area contributed by atoms with Gasteiger partial charge in [0.05, 0.1) is 9.95 Å². The summed E-state index contributed by atoms with van der Waals surface area (Å²) in [6.45, 7) is 0. The minimum Gasteiger partial charge on any atom is -0.319 e. The summed E-state index contributed by atoms with van der Waals surface area (Å²) >= 11 is 14.1. The molecule has 0 aliphatic heterocycles. The number of nitrogens with one attached hydrogen (secondary N) is 1. The lowest BCUT2D eigenvalue weighted by Crippen LogP contribution is -2.13. The number of carbonyl (C=O) groups is 1. The Morgan fingerprint density at radius 3 is 2.69 bits per heavy atom. The van der Waals surface area contributed by atoms with Gasteiger partial charge in [0.2, 0.25) is 5.91 Å². The first kappa shape index (κ1) is 13.2. The summed E-state index contributed by atoms with van der Waals surface area (Å²) in [6, 6.07) is 2.50. The number of nitro groups is 1. The summed E-state index contributed by atoms with van der Waals surface area (Å²) in [4.78, 5) is 21.1. The summed E-state index contributed by atoms with van der Waals surface area (Å²) in [6.07, 6.45) is 0. The zero-order valence-corrected chi connectivity index (χ0v) is 10.8. The zero-order valence-electron chi connectivity index (χ0n) is 7.67. The van der Waals surface area contributed by atoms with E-state index in [0.717, 1.165) is 0 Å². The van der Waals surface area contributed by atoms with E-state index in [1.165, 1.54) is 12.1 Å². The molecule has 1 amide bonds. The number of alkyl halides is 1. The number of anilines is 1. The van der Waals surface area contributed by atoms with Crippen LogP contribution in [0.3, 0.4) is 0 Å². The van der Waals surface area contributed by atoms with E-state index >= 15 is 0 Å². The Morgan fingerprint density at radius 2 is 2.19 bits per heavy atom. The highest BCUT2D eigenvalue weighted by Crippen LogP contribution is 2.34. The van der Waals surface area contributed by atoms with Crippen LogP contribution in [0.25, 0.3) is 0 Å². The number of amides is 1. The van der Waals surface area contributed by atoms with Gasteiger partial charge < -0.3 is 5.32 Å². The molecule has 5 nitrogen and oxygen atoms in total. The molecule has 0 aromatic heterocycles. The lowest BCUT2D eigenvalue weighted by atomic mass is 10.2. The maximum Gasteiger partial charge on any atom is 0.293 e. The maximum atomic E-state index is 11.0. The van der Waals surface area contributed by atoms with Crippen LogP contribution in [0.5, 0.6) is 0 Å². The molecular weight excluding hydrogens is 323 g/mol. The third kappa shape index (κ3) is 3.07. The van der Waals surface area contributed by atoms with Crippen molar-refractivity contribution in [3.05, 3.63) is 31.7 Å². The molecule has 86 valence electrons. The van der Waals surface area contributed by atoms with Gasteiger partial charge in [0.1, 0.15) is 11.6 Å². The van der Waals surface area contributed by atoms with Crippen molar-refractivity contribution >= 4 is 56.4 Å². The maximum absolute atomic E-state index is 11.0. The van der Waals surface area contributed by atoms with Crippen molar-refractivity contribution in [2.75, 3.05) is 11.2 Å². The molecule has 0 aliphatic carbocycles. The Balaban J connectivity index is 3.19. The summed E-state index contributed by atoms with van der Waals surface area (Å²) in [7, 11) is 0. The third-order valence-electron chi connectivity index (χ3n) is 1.63. The fraction of sp³-hybridized carbons (Fsp3) is 0.125. The van der Waals surface area contributed by atoms with Gasteiger partial charge in [-0.1, -0.05) is 11.6 Å². The number of nitro benzene ring substituents is 1. The Hall–Kier alpha value is -0.850. The second-order valence-electron chi connectivity index (χ2n) is 2.72. The van der Waals surface area contributed by atoms with E-state index in [2.05, 4.69) is 21.2 Å². The van der Waals surface area contributed by atoms with Gasteiger partial charge in [0.25, 0.3) is 5.69 Å². The molecule has 0 radical (unpaired) electrons. The zero-order chi connectivity index (χ0) is 12.3. The van der Waals surface area contributed by atoms with Gasteiger partial charge in [-0.2, -0.15) is 0 Å². The molecule has 1 aromatic carbocycles. The molecule has 1 rings (SSSR count). The van der Waals surface area contributed by atoms with Crippen LogP contribution in [0.15, 0.2) is 16.6 Å². The van der Waals surface area contributed by atoms with E-state index in [9.17, 15) is 14.9 Å². The largest absolute Gasteiger partial charge is 0.319 e. The van der Waals surface area contributed by atoms with Gasteiger partial charge in [-0.25, -0.2) is 0 Å². The summed E-state index contributed by atoms with van der Waals surface area (Å²) < 4.78 is 0.379. The quantitative estimate of drug-likeness (QED) is 0.526. The van der Waals surface area contributed by atoms with Crippen molar-refractivity contribution in [2.45, 2.75) is 0 Å². The summed E-state index contributed by atoms with van der Waals surface area (Å²) in [5, 5.41) is 13.3. The summed E-state index contributed by atoms with van der Waals surface area (Å²) in [5.41, 5.74) is -0.237. The van der Waals surface area contributed by atoms with E-state index in [-0.39, 0.29) is 22.3 Å². The molecule has 0 aliphatic rings. The van der Waals surface area contributed by atoms with Crippen molar-refractivity contribution in [3.63, 3.8) is 0 Å². The third-order valence-corrected chi connectivity index (χ3v) is 3.07. The van der Waals surface area contributed by atoms with Gasteiger partial charge in [-0.05, 0) is 22.0 Å². The summed E-state index contributed by atoms with van der Waals surface area (Å²) in [5.74, 6) is -0.826. The van der Waals surface area contributed by atoms with Gasteiger partial charge in [-0.3, -0.25) is 14.9 Å². The second-order valence-corrected chi connectivity index (χ2v) is 4.25. The molecule has 16 heavy (non-hydrogen) atoms. The molecule has 1 N–H and O–H groups in total. The standard InChI is InChI=1S/C8H5BrCl2N2O3/c9-4-1-7(13(15)16)6(2-5(4)11)12-8(14)3-10/h1-2H,3H2,(H,12,14). The van der Waals surface area contributed by atoms with E-state index in [1.807, 2.05) is 0 Å². The Kier molecular flexibility index (Phi) is 4.52. The van der Waals surface area contributed by atoms with Gasteiger partial charge >= 0.3 is 0 Å². The van der Waals surface area contributed by atoms with Crippen LogP contribution >= 0.6 is 39.1 Å². The van der Waals surface area contributed by atoms with E-state index < -0.39 is 10.8 Å². The Morgan fingerprint density at radius 1 is 1.56 bits per heavy atom. The highest BCUT2D eigenvalue weighted by atomic mass is 79.9. The first-order chi connectivity index (χ1) is 7.45. The molecule has 0 heterocycles. The Labute approximate surface area is 109 Å². The van der Waals surface area contributed by atoms with Crippen molar-refractivity contribution in [2.24, 2.45) is 0 Å². The molecule has 0 saturated carbocycles. The number of hydrogen-bond donors (Lipinski definition) is 1. The highest BCUT2D eigenvalue weighted by molar-refractivity contribution is 9.10. The van der Waals surface area contributed by atoms with Crippen LogP contribution in [-0.4, -0.2) is 16.7 Å². The van der Waals surface area contributed by atoms with Crippen LogP contribution in [0.1, 0.15) is 0 Å². The van der Waals surface area contributed by atoms with E-state index in [0.29, 0.717) is 4.47 Å².